The molecule has 0 aliphatic carbocycles. The van der Waals surface area contributed by atoms with Crippen molar-refractivity contribution in [2.45, 2.75) is 6.61 Å². The summed E-state index contributed by atoms with van der Waals surface area (Å²) < 4.78 is 26.1. The lowest BCUT2D eigenvalue weighted by atomic mass is 10.1. The molecule has 8 heteroatoms. The van der Waals surface area contributed by atoms with Gasteiger partial charge in [-0.3, -0.25) is 0 Å². The highest BCUT2D eigenvalue weighted by Gasteiger charge is 2.20. The van der Waals surface area contributed by atoms with Crippen LogP contribution in [0.3, 0.4) is 0 Å². The lowest BCUT2D eigenvalue weighted by molar-refractivity contribution is 0.0602. The molecular weight excluding hydrogens is 375 g/mol. The minimum absolute atomic E-state index is 0.0397. The van der Waals surface area contributed by atoms with Crippen LogP contribution in [0.4, 0.5) is 10.2 Å². The topological polar surface area (TPSA) is 91.7 Å². The number of nitrogens with two attached hydrogens (primary N) is 1. The number of carbonyl (C=O) groups excluding carboxylic acids is 1. The molecule has 0 bridgehead atoms. The van der Waals surface area contributed by atoms with E-state index in [2.05, 4.69) is 10.1 Å². The van der Waals surface area contributed by atoms with Crippen LogP contribution in [0.25, 0.3) is 16.8 Å². The van der Waals surface area contributed by atoms with Crippen LogP contribution in [0, 0.1) is 5.95 Å². The third-order valence-electron chi connectivity index (χ3n) is 4.38. The summed E-state index contributed by atoms with van der Waals surface area (Å²) >= 11 is 0. The minimum Gasteiger partial charge on any atom is -0.487 e. The summed E-state index contributed by atoms with van der Waals surface area (Å²) in [7, 11) is 1.29. The van der Waals surface area contributed by atoms with E-state index < -0.39 is 11.9 Å². The number of carbonyl (C=O) groups is 1. The van der Waals surface area contributed by atoms with Gasteiger partial charge in [-0.25, -0.2) is 14.3 Å². The van der Waals surface area contributed by atoms with E-state index in [4.69, 9.17) is 15.2 Å². The molecule has 0 spiro atoms. The molecular formula is C21H17FN4O3. The van der Waals surface area contributed by atoms with E-state index in [9.17, 15) is 9.18 Å². The van der Waals surface area contributed by atoms with Crippen LogP contribution in [0.5, 0.6) is 5.75 Å². The molecule has 7 nitrogen and oxygen atoms in total. The van der Waals surface area contributed by atoms with E-state index in [1.807, 2.05) is 30.3 Å². The second-order valence-electron chi connectivity index (χ2n) is 6.27. The van der Waals surface area contributed by atoms with Gasteiger partial charge >= 0.3 is 5.97 Å². The monoisotopic (exact) mass is 392 g/mol. The zero-order valence-electron chi connectivity index (χ0n) is 15.5. The van der Waals surface area contributed by atoms with Gasteiger partial charge in [-0.2, -0.15) is 9.49 Å². The lowest BCUT2D eigenvalue weighted by Gasteiger charge is -2.12. The molecule has 1 aromatic carbocycles. The second kappa shape index (κ2) is 7.59. The predicted molar refractivity (Wildman–Crippen MR) is 105 cm³/mol. The first-order chi connectivity index (χ1) is 14.1. The normalized spacial score (nSPS) is 10.8. The van der Waals surface area contributed by atoms with E-state index in [0.717, 1.165) is 5.56 Å². The molecule has 0 fully saturated rings. The van der Waals surface area contributed by atoms with Crippen LogP contribution < -0.4 is 10.5 Å². The average molecular weight is 392 g/mol. The molecule has 0 aliphatic heterocycles. The number of nitrogens with zero attached hydrogens (tertiary/aromatic N) is 3. The fraction of sp³-hybridized carbons (Fsp3) is 0.0952. The molecule has 4 aromatic rings. The number of nitrogen functional groups attached to an aromatic ring is 1. The zero-order chi connectivity index (χ0) is 20.4. The summed E-state index contributed by atoms with van der Waals surface area (Å²) in [6.45, 7) is 0.304. The molecule has 0 unspecified atom stereocenters. The van der Waals surface area contributed by atoms with E-state index >= 15 is 0 Å². The third kappa shape index (κ3) is 3.60. The second-order valence-corrected chi connectivity index (χ2v) is 6.27. The summed E-state index contributed by atoms with van der Waals surface area (Å²) in [4.78, 5) is 15.8. The van der Waals surface area contributed by atoms with Crippen LogP contribution >= 0.6 is 0 Å². The molecule has 2 N–H and O–H groups in total. The highest BCUT2D eigenvalue weighted by molar-refractivity contribution is 5.99. The fourth-order valence-electron chi connectivity index (χ4n) is 3.07. The smallest absolute Gasteiger partial charge is 0.341 e. The van der Waals surface area contributed by atoms with Crippen molar-refractivity contribution in [3.63, 3.8) is 0 Å². The van der Waals surface area contributed by atoms with Gasteiger partial charge < -0.3 is 15.2 Å². The Labute approximate surface area is 165 Å². The summed E-state index contributed by atoms with van der Waals surface area (Å²) in [6, 6.07) is 15.8. The number of pyridine rings is 2. The van der Waals surface area contributed by atoms with Crippen molar-refractivity contribution >= 4 is 17.3 Å². The fourth-order valence-corrected chi connectivity index (χ4v) is 3.07. The highest BCUT2D eigenvalue weighted by Crippen LogP contribution is 2.31. The lowest BCUT2D eigenvalue weighted by Crippen LogP contribution is -2.05. The van der Waals surface area contributed by atoms with E-state index in [-0.39, 0.29) is 11.4 Å². The minimum atomic E-state index is -0.710. The summed E-state index contributed by atoms with van der Waals surface area (Å²) in [5.41, 5.74) is 8.29. The van der Waals surface area contributed by atoms with Crippen LogP contribution in [0.2, 0.25) is 0 Å². The van der Waals surface area contributed by atoms with Crippen molar-refractivity contribution in [3.8, 4) is 17.0 Å². The van der Waals surface area contributed by atoms with E-state index in [0.29, 0.717) is 29.1 Å². The molecule has 29 heavy (non-hydrogen) atoms. The standard InChI is InChI=1S/C21H17FN4O3/c1-28-21(27)15-11-24-26-16(14-9-18(22)25-19(23)10-14)7-8-17(20(15)26)29-12-13-5-3-2-4-6-13/h2-11H,12H2,1H3,(H2,23,25). The van der Waals surface area contributed by atoms with Crippen LogP contribution in [-0.4, -0.2) is 27.7 Å². The van der Waals surface area contributed by atoms with Gasteiger partial charge in [0.1, 0.15) is 29.3 Å². The molecule has 4 rings (SSSR count). The first-order valence-corrected chi connectivity index (χ1v) is 8.76. The number of fused-ring (bicyclic) bond motifs is 1. The Hall–Kier alpha value is -3.94. The Kier molecular flexibility index (Phi) is 4.82. The van der Waals surface area contributed by atoms with Crippen LogP contribution in [-0.2, 0) is 11.3 Å². The molecule has 146 valence electrons. The highest BCUT2D eigenvalue weighted by atomic mass is 19.1. The largest absolute Gasteiger partial charge is 0.487 e. The van der Waals surface area contributed by atoms with Gasteiger partial charge in [0.25, 0.3) is 0 Å². The summed E-state index contributed by atoms with van der Waals surface area (Å²) in [5, 5.41) is 4.29. The number of rotatable bonds is 5. The zero-order valence-corrected chi connectivity index (χ0v) is 15.5. The SMILES string of the molecule is COC(=O)c1cnn2c(-c3cc(N)nc(F)c3)ccc(OCc3ccccc3)c12. The Morgan fingerprint density at radius 1 is 1.17 bits per heavy atom. The quantitative estimate of drug-likeness (QED) is 0.413. The van der Waals surface area contributed by atoms with Gasteiger partial charge in [0.2, 0.25) is 5.95 Å². The van der Waals surface area contributed by atoms with Gasteiger partial charge in [0.15, 0.2) is 0 Å². The number of hydrogen-bond donors (Lipinski definition) is 1. The molecule has 0 aliphatic rings. The van der Waals surface area contributed by atoms with Crippen molar-refractivity contribution < 1.29 is 18.7 Å². The molecule has 3 aromatic heterocycles. The van der Waals surface area contributed by atoms with Crippen molar-refractivity contribution in [1.82, 2.24) is 14.6 Å². The van der Waals surface area contributed by atoms with Crippen molar-refractivity contribution in [1.29, 1.82) is 0 Å². The van der Waals surface area contributed by atoms with Crippen LogP contribution in [0.1, 0.15) is 15.9 Å². The molecule has 0 saturated carbocycles. The van der Waals surface area contributed by atoms with Crippen molar-refractivity contribution in [2.75, 3.05) is 12.8 Å². The number of anilines is 1. The van der Waals surface area contributed by atoms with Gasteiger partial charge in [-0.05, 0) is 23.8 Å². The third-order valence-corrected chi connectivity index (χ3v) is 4.38. The first-order valence-electron chi connectivity index (χ1n) is 8.76. The molecule has 3 heterocycles. The maximum Gasteiger partial charge on any atom is 0.341 e. The number of methoxy groups -OCH3 is 1. The number of esters is 1. The number of aromatic nitrogens is 3. The average Bonchev–Trinajstić information content (AvgIpc) is 3.17. The van der Waals surface area contributed by atoms with Crippen LogP contribution in [0.15, 0.2) is 60.8 Å². The Morgan fingerprint density at radius 3 is 2.69 bits per heavy atom. The van der Waals surface area contributed by atoms with Gasteiger partial charge in [0, 0.05) is 11.6 Å². The van der Waals surface area contributed by atoms with E-state index in [1.165, 1.54) is 30.0 Å². The van der Waals surface area contributed by atoms with Gasteiger partial charge in [-0.1, -0.05) is 30.3 Å². The Balaban J connectivity index is 1.84. The maximum absolute atomic E-state index is 13.8. The molecule has 0 amide bonds. The Bertz CT molecular complexity index is 1170. The van der Waals surface area contributed by atoms with E-state index in [1.54, 1.807) is 12.1 Å². The number of hydrogen-bond acceptors (Lipinski definition) is 6. The Morgan fingerprint density at radius 2 is 1.97 bits per heavy atom. The molecule has 0 atom stereocenters. The summed E-state index contributed by atoms with van der Waals surface area (Å²) in [6.07, 6.45) is 1.39. The first kappa shape index (κ1) is 18.4. The molecule has 0 saturated heterocycles. The van der Waals surface area contributed by atoms with Gasteiger partial charge in [-0.15, -0.1) is 0 Å². The number of ether oxygens (including phenoxy) is 2. The maximum atomic E-state index is 13.8. The predicted octanol–water partition coefficient (Wildman–Crippen LogP) is 3.48. The number of benzene rings is 1. The van der Waals surface area contributed by atoms with Gasteiger partial charge in [0.05, 0.1) is 19.0 Å². The van der Waals surface area contributed by atoms with Crippen molar-refractivity contribution in [2.24, 2.45) is 0 Å². The number of halogens is 1. The van der Waals surface area contributed by atoms with Crippen molar-refractivity contribution in [3.05, 3.63) is 77.9 Å². The summed E-state index contributed by atoms with van der Waals surface area (Å²) in [5.74, 6) is -0.782. The molecule has 0 radical (unpaired) electrons.